The summed E-state index contributed by atoms with van der Waals surface area (Å²) in [6.45, 7) is -0.579. The Balaban J connectivity index is 1.95. The minimum Gasteiger partial charge on any atom is -0.474 e. The number of anilines is 1. The highest BCUT2D eigenvalue weighted by atomic mass is 35.5. The Bertz CT molecular complexity index is 1070. The van der Waals surface area contributed by atoms with Gasteiger partial charge in [-0.2, -0.15) is 0 Å². The number of nitro benzene ring substituents is 1. The predicted molar refractivity (Wildman–Crippen MR) is 106 cm³/mol. The van der Waals surface area contributed by atoms with Crippen LogP contribution in [0.2, 0.25) is 5.02 Å². The summed E-state index contributed by atoms with van der Waals surface area (Å²) in [7, 11) is 1.14. The van der Waals surface area contributed by atoms with Crippen molar-refractivity contribution in [2.45, 2.75) is 0 Å². The highest BCUT2D eigenvalue weighted by Crippen LogP contribution is 2.37. The van der Waals surface area contributed by atoms with E-state index in [1.54, 1.807) is 30.3 Å². The molecule has 2 aromatic carbocycles. The van der Waals surface area contributed by atoms with E-state index >= 15 is 0 Å². The molecule has 0 atom stereocenters. The average molecular weight is 432 g/mol. The summed E-state index contributed by atoms with van der Waals surface area (Å²) in [5.41, 5.74) is 2.24. The predicted octanol–water partition coefficient (Wildman–Crippen LogP) is 2.26. The Labute approximate surface area is 174 Å². The topological polar surface area (TPSA) is 128 Å². The van der Waals surface area contributed by atoms with Gasteiger partial charge in [0.25, 0.3) is 11.8 Å². The largest absolute Gasteiger partial charge is 0.474 e. The van der Waals surface area contributed by atoms with E-state index in [-0.39, 0.29) is 21.9 Å². The van der Waals surface area contributed by atoms with Gasteiger partial charge in [-0.1, -0.05) is 29.8 Å². The number of hydrogen-bond donors (Lipinski definition) is 1. The number of nitrogens with zero attached hydrogens (tertiary/aromatic N) is 2. The number of esters is 1. The Morgan fingerprint density at radius 2 is 1.97 bits per heavy atom. The maximum absolute atomic E-state index is 12.6. The molecule has 0 saturated carbocycles. The molecule has 11 heteroatoms. The zero-order valence-electron chi connectivity index (χ0n) is 15.5. The molecule has 1 saturated heterocycles. The maximum atomic E-state index is 12.6. The van der Waals surface area contributed by atoms with E-state index in [1.807, 2.05) is 0 Å². The van der Waals surface area contributed by atoms with Crippen LogP contribution in [-0.2, 0) is 19.1 Å². The maximum Gasteiger partial charge on any atom is 0.343 e. The van der Waals surface area contributed by atoms with Crippen molar-refractivity contribution in [3.8, 4) is 5.75 Å². The number of rotatable bonds is 6. The summed E-state index contributed by atoms with van der Waals surface area (Å²) in [5.74, 6) is -2.38. The van der Waals surface area contributed by atoms with Gasteiger partial charge in [-0.3, -0.25) is 25.1 Å². The number of amides is 2. The number of benzene rings is 2. The van der Waals surface area contributed by atoms with Gasteiger partial charge in [0.1, 0.15) is 5.57 Å². The Hall–Kier alpha value is -3.92. The molecule has 0 radical (unpaired) electrons. The molecule has 1 N–H and O–H groups in total. The molecule has 1 heterocycles. The number of hydrazine groups is 1. The number of para-hydroxylation sites is 1. The highest BCUT2D eigenvalue weighted by Gasteiger charge is 2.34. The average Bonchev–Trinajstić information content (AvgIpc) is 3.01. The molecular weight excluding hydrogens is 418 g/mol. The molecule has 10 nitrogen and oxygen atoms in total. The fraction of sp³-hybridized carbons (Fsp3) is 0.105. The van der Waals surface area contributed by atoms with Crippen molar-refractivity contribution in [2.24, 2.45) is 0 Å². The van der Waals surface area contributed by atoms with Crippen LogP contribution in [0.5, 0.6) is 5.75 Å². The normalized spacial score (nSPS) is 14.6. The van der Waals surface area contributed by atoms with Gasteiger partial charge in [0.05, 0.1) is 22.7 Å². The second-order valence-corrected chi connectivity index (χ2v) is 6.36. The Morgan fingerprint density at radius 1 is 1.27 bits per heavy atom. The molecule has 0 unspecified atom stereocenters. The quantitative estimate of drug-likeness (QED) is 0.244. The number of carbonyl (C=O) groups is 3. The lowest BCUT2D eigenvalue weighted by Gasteiger charge is -2.13. The van der Waals surface area contributed by atoms with E-state index in [0.29, 0.717) is 5.69 Å². The fourth-order valence-corrected chi connectivity index (χ4v) is 2.91. The molecule has 2 aromatic rings. The molecule has 0 bridgehead atoms. The second-order valence-electron chi connectivity index (χ2n) is 5.95. The number of ether oxygens (including phenoxy) is 2. The van der Waals surface area contributed by atoms with Crippen LogP contribution >= 0.6 is 11.6 Å². The van der Waals surface area contributed by atoms with E-state index < -0.39 is 35.0 Å². The van der Waals surface area contributed by atoms with E-state index in [4.69, 9.17) is 16.3 Å². The number of carbonyl (C=O) groups excluding carboxylic acids is 3. The third-order valence-electron chi connectivity index (χ3n) is 4.02. The summed E-state index contributed by atoms with van der Waals surface area (Å²) in [5, 5.41) is 12.3. The molecule has 3 rings (SSSR count). The van der Waals surface area contributed by atoms with E-state index in [1.165, 1.54) is 12.1 Å². The molecular formula is C19H14ClN3O7. The lowest BCUT2D eigenvalue weighted by molar-refractivity contribution is -0.385. The molecule has 0 spiro atoms. The van der Waals surface area contributed by atoms with Crippen molar-refractivity contribution < 1.29 is 28.8 Å². The van der Waals surface area contributed by atoms with Crippen LogP contribution < -0.4 is 15.2 Å². The first-order chi connectivity index (χ1) is 14.3. The van der Waals surface area contributed by atoms with Crippen molar-refractivity contribution in [1.29, 1.82) is 0 Å². The molecule has 2 amide bonds. The molecule has 30 heavy (non-hydrogen) atoms. The first kappa shape index (κ1) is 20.8. The summed E-state index contributed by atoms with van der Waals surface area (Å²) in [6, 6.07) is 10.8. The number of hydrogen-bond acceptors (Lipinski definition) is 7. The molecule has 1 aliphatic rings. The van der Waals surface area contributed by atoms with Gasteiger partial charge >= 0.3 is 11.7 Å². The van der Waals surface area contributed by atoms with Gasteiger partial charge in [0, 0.05) is 6.07 Å². The fourth-order valence-electron chi connectivity index (χ4n) is 2.63. The monoisotopic (exact) mass is 431 g/mol. The van der Waals surface area contributed by atoms with Crippen molar-refractivity contribution in [3.05, 3.63) is 68.7 Å². The molecule has 154 valence electrons. The lowest BCUT2D eigenvalue weighted by Crippen LogP contribution is -2.35. The number of halogens is 1. The van der Waals surface area contributed by atoms with Gasteiger partial charge in [-0.25, -0.2) is 9.80 Å². The van der Waals surface area contributed by atoms with Crippen LogP contribution in [0.4, 0.5) is 11.4 Å². The summed E-state index contributed by atoms with van der Waals surface area (Å²) in [6.07, 6.45) is 1.18. The first-order valence-corrected chi connectivity index (χ1v) is 8.79. The standard InChI is InChI=1S/C19H14ClN3O7/c1-29-16(24)10-30-17-14(20)8-11(9-15(17)23(27)28)7-13-18(25)21-22(19(13)26)12-5-3-2-4-6-12/h2-9H,10H2,1H3,(H,21,25)/b13-7-. The van der Waals surface area contributed by atoms with Crippen LogP contribution in [0.1, 0.15) is 5.56 Å². The van der Waals surface area contributed by atoms with Crippen LogP contribution in [0.3, 0.4) is 0 Å². The van der Waals surface area contributed by atoms with E-state index in [2.05, 4.69) is 10.2 Å². The third kappa shape index (κ3) is 4.23. The highest BCUT2D eigenvalue weighted by molar-refractivity contribution is 6.33. The van der Waals surface area contributed by atoms with Gasteiger partial charge in [0.2, 0.25) is 5.75 Å². The zero-order valence-corrected chi connectivity index (χ0v) is 16.2. The molecule has 1 aliphatic heterocycles. The second kappa shape index (κ2) is 8.62. The van der Waals surface area contributed by atoms with Crippen LogP contribution in [0.15, 0.2) is 48.0 Å². The zero-order chi connectivity index (χ0) is 21.8. The van der Waals surface area contributed by atoms with Crippen LogP contribution in [0, 0.1) is 10.1 Å². The van der Waals surface area contributed by atoms with Crippen LogP contribution in [0.25, 0.3) is 6.08 Å². The van der Waals surface area contributed by atoms with E-state index in [0.717, 1.165) is 18.2 Å². The van der Waals surface area contributed by atoms with E-state index in [9.17, 15) is 24.5 Å². The third-order valence-corrected chi connectivity index (χ3v) is 4.30. The lowest BCUT2D eigenvalue weighted by atomic mass is 10.1. The van der Waals surface area contributed by atoms with Gasteiger partial charge in [-0.15, -0.1) is 0 Å². The van der Waals surface area contributed by atoms with Crippen molar-refractivity contribution in [1.82, 2.24) is 5.43 Å². The van der Waals surface area contributed by atoms with Crippen LogP contribution in [-0.4, -0.2) is 36.4 Å². The smallest absolute Gasteiger partial charge is 0.343 e. The molecule has 1 fully saturated rings. The number of nitro groups is 1. The number of methoxy groups -OCH3 is 1. The Kier molecular flexibility index (Phi) is 5.98. The van der Waals surface area contributed by atoms with Crippen molar-refractivity contribution >= 4 is 46.8 Å². The Morgan fingerprint density at radius 3 is 2.60 bits per heavy atom. The van der Waals surface area contributed by atoms with Crippen molar-refractivity contribution in [2.75, 3.05) is 18.7 Å². The van der Waals surface area contributed by atoms with Gasteiger partial charge in [0.15, 0.2) is 6.61 Å². The minimum absolute atomic E-state index is 0.130. The minimum atomic E-state index is -0.757. The van der Waals surface area contributed by atoms with Gasteiger partial charge < -0.3 is 9.47 Å². The SMILES string of the molecule is COC(=O)COc1c(Cl)cc(/C=C2/C(=O)NN(c3ccccc3)C2=O)cc1[N+](=O)[O-]. The number of nitrogens with one attached hydrogen (secondary N) is 1. The summed E-state index contributed by atoms with van der Waals surface area (Å²) < 4.78 is 9.52. The molecule has 0 aromatic heterocycles. The van der Waals surface area contributed by atoms with Crippen molar-refractivity contribution in [3.63, 3.8) is 0 Å². The van der Waals surface area contributed by atoms with Gasteiger partial charge in [-0.05, 0) is 29.8 Å². The first-order valence-electron chi connectivity index (χ1n) is 8.41. The summed E-state index contributed by atoms with van der Waals surface area (Å²) >= 11 is 6.08. The molecule has 0 aliphatic carbocycles. The summed E-state index contributed by atoms with van der Waals surface area (Å²) in [4.78, 5) is 46.8.